The van der Waals surface area contributed by atoms with E-state index in [0.29, 0.717) is 23.9 Å². The molecule has 1 fully saturated rings. The van der Waals surface area contributed by atoms with E-state index in [4.69, 9.17) is 1.37 Å². The van der Waals surface area contributed by atoms with Gasteiger partial charge in [0.25, 0.3) is 0 Å². The Labute approximate surface area is 178 Å². The minimum absolute atomic E-state index is 0.486. The average Bonchev–Trinajstić information content (AvgIpc) is 3.24. The Hall–Kier alpha value is -2.15. The number of aromatic nitrogens is 1. The summed E-state index contributed by atoms with van der Waals surface area (Å²) >= 11 is 0. The van der Waals surface area contributed by atoms with Crippen LogP contribution in [0.1, 0.15) is 94.8 Å². The molecular weight excluding hydrogens is 350 g/mol. The fraction of sp³-hybridized carbons (Fsp3) is 0.464. The third-order valence-electron chi connectivity index (χ3n) is 6.92. The standard InChI is InChI=1S/C28H36N/c1-18(2)23-12-11-22-13-14-29(6)28(27(22)15-23)26-17-24(21-9-7-8-10-21)16-25(19(3)4)20(26)5/h11-19,21H,7-10H2,1-6H3/q+1/i14D. The summed E-state index contributed by atoms with van der Waals surface area (Å²) in [5, 5.41) is 2.43. The van der Waals surface area contributed by atoms with Crippen LogP contribution in [0.3, 0.4) is 0 Å². The first-order chi connectivity index (χ1) is 14.3. The molecule has 1 aromatic heterocycles. The zero-order chi connectivity index (χ0) is 21.6. The fourth-order valence-corrected chi connectivity index (χ4v) is 5.10. The number of hydrogen-bond acceptors (Lipinski definition) is 0. The molecule has 1 nitrogen and oxygen atoms in total. The third-order valence-corrected chi connectivity index (χ3v) is 6.92. The van der Waals surface area contributed by atoms with Crippen LogP contribution in [0.15, 0.2) is 42.6 Å². The van der Waals surface area contributed by atoms with Gasteiger partial charge in [-0.15, -0.1) is 0 Å². The van der Waals surface area contributed by atoms with E-state index in [9.17, 15) is 0 Å². The lowest BCUT2D eigenvalue weighted by Crippen LogP contribution is -2.31. The first kappa shape index (κ1) is 18.9. The van der Waals surface area contributed by atoms with Gasteiger partial charge in [-0.3, -0.25) is 0 Å². The highest BCUT2D eigenvalue weighted by molar-refractivity contribution is 5.94. The first-order valence-electron chi connectivity index (χ1n) is 11.9. The summed E-state index contributed by atoms with van der Waals surface area (Å²) in [5.41, 5.74) is 8.18. The molecule has 2 aromatic carbocycles. The van der Waals surface area contributed by atoms with Crippen molar-refractivity contribution in [3.63, 3.8) is 0 Å². The van der Waals surface area contributed by atoms with Crippen LogP contribution in [0.25, 0.3) is 22.0 Å². The van der Waals surface area contributed by atoms with Crippen LogP contribution < -0.4 is 4.57 Å². The van der Waals surface area contributed by atoms with Crippen molar-refractivity contribution in [1.29, 1.82) is 0 Å². The van der Waals surface area contributed by atoms with Crippen molar-refractivity contribution in [2.45, 2.75) is 78.1 Å². The van der Waals surface area contributed by atoms with E-state index in [1.165, 1.54) is 64.6 Å². The zero-order valence-electron chi connectivity index (χ0n) is 20.0. The Morgan fingerprint density at radius 1 is 0.966 bits per heavy atom. The Bertz CT molecular complexity index is 1090. The van der Waals surface area contributed by atoms with Crippen molar-refractivity contribution in [3.8, 4) is 11.3 Å². The normalized spacial score (nSPS) is 15.7. The SMILES string of the molecule is [2H]c1cc2ccc(C(C)C)cc2c(-c2cc(C3CCCC3)cc(C(C)C)c2C)[n+]1C. The van der Waals surface area contributed by atoms with Crippen molar-refractivity contribution >= 4 is 10.8 Å². The van der Waals surface area contributed by atoms with Crippen molar-refractivity contribution in [3.05, 3.63) is 64.8 Å². The molecule has 0 aliphatic heterocycles. The Morgan fingerprint density at radius 2 is 1.69 bits per heavy atom. The molecule has 0 N–H and O–H groups in total. The predicted molar refractivity (Wildman–Crippen MR) is 125 cm³/mol. The molecule has 0 atom stereocenters. The summed E-state index contributed by atoms with van der Waals surface area (Å²) in [4.78, 5) is 0. The summed E-state index contributed by atoms with van der Waals surface area (Å²) < 4.78 is 10.7. The molecule has 1 heteroatoms. The summed E-state index contributed by atoms with van der Waals surface area (Å²) in [6.07, 6.45) is 5.88. The largest absolute Gasteiger partial charge is 0.220 e. The quantitative estimate of drug-likeness (QED) is 0.407. The van der Waals surface area contributed by atoms with Gasteiger partial charge in [0.2, 0.25) is 5.69 Å². The topological polar surface area (TPSA) is 3.88 Å². The molecule has 0 radical (unpaired) electrons. The number of fused-ring (bicyclic) bond motifs is 1. The highest BCUT2D eigenvalue weighted by Gasteiger charge is 2.24. The van der Waals surface area contributed by atoms with Gasteiger partial charge in [-0.25, -0.2) is 4.57 Å². The minimum atomic E-state index is 0.486. The maximum Gasteiger partial charge on any atom is 0.220 e. The number of pyridine rings is 1. The molecule has 4 rings (SSSR count). The molecule has 0 amide bonds. The van der Waals surface area contributed by atoms with E-state index < -0.39 is 0 Å². The smallest absolute Gasteiger partial charge is 0.200 e. The Balaban J connectivity index is 2.05. The van der Waals surface area contributed by atoms with Crippen LogP contribution in [0.4, 0.5) is 0 Å². The van der Waals surface area contributed by atoms with E-state index in [1.54, 1.807) is 0 Å². The van der Waals surface area contributed by atoms with Crippen molar-refractivity contribution in [2.75, 3.05) is 0 Å². The number of nitrogens with zero attached hydrogens (tertiary/aromatic N) is 1. The molecule has 0 spiro atoms. The minimum Gasteiger partial charge on any atom is -0.200 e. The lowest BCUT2D eigenvalue weighted by molar-refractivity contribution is -0.659. The van der Waals surface area contributed by atoms with Gasteiger partial charge >= 0.3 is 0 Å². The number of rotatable bonds is 4. The van der Waals surface area contributed by atoms with Crippen molar-refractivity contribution in [1.82, 2.24) is 0 Å². The average molecular weight is 388 g/mol. The molecule has 152 valence electrons. The van der Waals surface area contributed by atoms with Gasteiger partial charge in [-0.05, 0) is 77.3 Å². The second-order valence-corrected chi connectivity index (χ2v) is 9.60. The number of hydrogen-bond donors (Lipinski definition) is 0. The molecular formula is C28H36N+. The maximum absolute atomic E-state index is 8.62. The van der Waals surface area contributed by atoms with Crippen molar-refractivity contribution < 1.29 is 5.94 Å². The zero-order valence-corrected chi connectivity index (χ0v) is 19.0. The van der Waals surface area contributed by atoms with Gasteiger partial charge < -0.3 is 0 Å². The van der Waals surface area contributed by atoms with Gasteiger partial charge in [0.1, 0.15) is 8.42 Å². The third kappa shape index (κ3) is 3.72. The molecule has 1 saturated carbocycles. The summed E-state index contributed by atoms with van der Waals surface area (Å²) in [7, 11) is 2.05. The highest BCUT2D eigenvalue weighted by atomic mass is 14.9. The van der Waals surface area contributed by atoms with Gasteiger partial charge in [-0.2, -0.15) is 0 Å². The highest BCUT2D eigenvalue weighted by Crippen LogP contribution is 2.40. The Kier molecular flexibility index (Phi) is 5.16. The van der Waals surface area contributed by atoms with Gasteiger partial charge in [0.05, 0.1) is 10.9 Å². The van der Waals surface area contributed by atoms with E-state index >= 15 is 0 Å². The Morgan fingerprint density at radius 3 is 2.34 bits per heavy atom. The first-order valence-corrected chi connectivity index (χ1v) is 11.4. The van der Waals surface area contributed by atoms with Gasteiger partial charge in [0, 0.05) is 6.07 Å². The molecule has 1 aliphatic rings. The predicted octanol–water partition coefficient (Wildman–Crippen LogP) is 7.54. The second kappa shape index (κ2) is 7.94. The van der Waals surface area contributed by atoms with E-state index in [2.05, 4.69) is 76.6 Å². The van der Waals surface area contributed by atoms with Crippen LogP contribution in [0.2, 0.25) is 0 Å². The fourth-order valence-electron chi connectivity index (χ4n) is 5.10. The molecule has 0 bridgehead atoms. The van der Waals surface area contributed by atoms with Crippen LogP contribution in [0.5, 0.6) is 0 Å². The molecule has 0 saturated heterocycles. The summed E-state index contributed by atoms with van der Waals surface area (Å²) in [6.45, 7) is 11.4. The maximum atomic E-state index is 8.62. The summed E-state index contributed by atoms with van der Waals surface area (Å²) in [5.74, 6) is 1.66. The monoisotopic (exact) mass is 387 g/mol. The molecule has 3 aromatic rings. The molecule has 1 aliphatic carbocycles. The van der Waals surface area contributed by atoms with Crippen LogP contribution in [-0.4, -0.2) is 0 Å². The second-order valence-electron chi connectivity index (χ2n) is 9.60. The van der Waals surface area contributed by atoms with Crippen molar-refractivity contribution in [2.24, 2.45) is 7.05 Å². The summed E-state index contributed by atoms with van der Waals surface area (Å²) in [6, 6.07) is 13.7. The van der Waals surface area contributed by atoms with Crippen LogP contribution in [0, 0.1) is 6.92 Å². The van der Waals surface area contributed by atoms with E-state index in [1.807, 2.05) is 6.07 Å². The van der Waals surface area contributed by atoms with Crippen LogP contribution in [-0.2, 0) is 7.05 Å². The molecule has 1 heterocycles. The van der Waals surface area contributed by atoms with E-state index in [0.717, 1.165) is 5.39 Å². The lowest BCUT2D eigenvalue weighted by atomic mass is 9.85. The van der Waals surface area contributed by atoms with Gasteiger partial charge in [0.15, 0.2) is 6.17 Å². The molecule has 29 heavy (non-hydrogen) atoms. The molecule has 0 unspecified atom stereocenters. The van der Waals surface area contributed by atoms with Crippen LogP contribution >= 0.6 is 0 Å². The lowest BCUT2D eigenvalue weighted by Gasteiger charge is -2.20. The van der Waals surface area contributed by atoms with E-state index in [-0.39, 0.29) is 0 Å². The number of benzene rings is 2. The van der Waals surface area contributed by atoms with Gasteiger partial charge in [-0.1, -0.05) is 58.7 Å².